The molecule has 4 rings (SSSR count). The van der Waals surface area contributed by atoms with E-state index in [1.165, 1.54) is 6.07 Å². The van der Waals surface area contributed by atoms with Crippen LogP contribution in [0, 0.1) is 5.82 Å². The SMILES string of the molecule is CN(C)Cc1cc(F)ccc1Pc1cc(-c2ccccc2)cc(-c2ccccc2)c1O.[Cl][Ti][Cl]. The van der Waals surface area contributed by atoms with E-state index in [9.17, 15) is 9.50 Å². The van der Waals surface area contributed by atoms with Crippen LogP contribution >= 0.6 is 27.2 Å². The number of nitrogens with zero attached hydrogens (tertiary/aromatic N) is 1. The van der Waals surface area contributed by atoms with Crippen LogP contribution in [0.2, 0.25) is 0 Å². The van der Waals surface area contributed by atoms with Gasteiger partial charge in [-0.3, -0.25) is 0 Å². The van der Waals surface area contributed by atoms with Crippen molar-refractivity contribution in [2.75, 3.05) is 14.1 Å². The van der Waals surface area contributed by atoms with Gasteiger partial charge in [-0.2, -0.15) is 0 Å². The van der Waals surface area contributed by atoms with Gasteiger partial charge in [0, 0.05) is 17.4 Å². The van der Waals surface area contributed by atoms with E-state index < -0.39 is 17.0 Å². The summed E-state index contributed by atoms with van der Waals surface area (Å²) in [7, 11) is 13.9. The van der Waals surface area contributed by atoms with Gasteiger partial charge in [0.25, 0.3) is 0 Å². The zero-order chi connectivity index (χ0) is 24.5. The Kier molecular flexibility index (Phi) is 10.6. The van der Waals surface area contributed by atoms with Crippen molar-refractivity contribution in [1.29, 1.82) is 0 Å². The molecule has 0 saturated carbocycles. The molecule has 4 aromatic carbocycles. The van der Waals surface area contributed by atoms with Crippen molar-refractivity contribution in [2.24, 2.45) is 0 Å². The van der Waals surface area contributed by atoms with Crippen molar-refractivity contribution >= 4 is 37.8 Å². The maximum atomic E-state index is 13.9. The van der Waals surface area contributed by atoms with Gasteiger partial charge in [0.15, 0.2) is 0 Å². The van der Waals surface area contributed by atoms with Gasteiger partial charge >= 0.3 is 35.6 Å². The summed E-state index contributed by atoms with van der Waals surface area (Å²) in [4.78, 5) is 2.03. The Balaban J connectivity index is 0.00000103. The van der Waals surface area contributed by atoms with Gasteiger partial charge in [0.1, 0.15) is 11.6 Å². The van der Waals surface area contributed by atoms with E-state index in [1.54, 1.807) is 6.07 Å². The molecule has 4 aromatic rings. The predicted octanol–water partition coefficient (Wildman–Crippen LogP) is 6.93. The molecule has 1 unspecified atom stereocenters. The van der Waals surface area contributed by atoms with Crippen molar-refractivity contribution in [3.63, 3.8) is 0 Å². The molecule has 0 fully saturated rings. The van der Waals surface area contributed by atoms with Gasteiger partial charge in [-0.25, -0.2) is 4.39 Å². The van der Waals surface area contributed by atoms with E-state index >= 15 is 0 Å². The first-order valence-corrected chi connectivity index (χ1v) is 15.9. The Bertz CT molecular complexity index is 1210. The Morgan fingerprint density at radius 3 is 1.97 bits per heavy atom. The Morgan fingerprint density at radius 2 is 1.38 bits per heavy atom. The van der Waals surface area contributed by atoms with Gasteiger partial charge in [-0.15, -0.1) is 0 Å². The molecular weight excluding hydrogens is 523 g/mol. The first-order valence-electron chi connectivity index (χ1n) is 10.6. The van der Waals surface area contributed by atoms with Crippen LogP contribution < -0.4 is 10.6 Å². The van der Waals surface area contributed by atoms with Crippen molar-refractivity contribution in [3.05, 3.63) is 102 Å². The topological polar surface area (TPSA) is 23.5 Å². The van der Waals surface area contributed by atoms with Crippen LogP contribution in [-0.4, -0.2) is 24.1 Å². The van der Waals surface area contributed by atoms with Crippen LogP contribution in [0.5, 0.6) is 5.75 Å². The van der Waals surface area contributed by atoms with Crippen LogP contribution in [0.3, 0.4) is 0 Å². The Morgan fingerprint density at radius 1 is 0.794 bits per heavy atom. The third kappa shape index (κ3) is 7.39. The number of hydrogen-bond donors (Lipinski definition) is 1. The van der Waals surface area contributed by atoms with Crippen LogP contribution in [0.1, 0.15) is 5.56 Å². The Labute approximate surface area is 219 Å². The standard InChI is InChI=1S/C27H25FNOP.2ClH.Ti/c1-29(2)18-22-15-23(28)13-14-25(22)31-26-17-21(19-9-5-3-6-10-19)16-24(27(26)30)20-11-7-4-8-12-20;;;/h3-17,30-31H,18H2,1-2H3;2*1H;/q;;;+2/p-2. The van der Waals surface area contributed by atoms with Crippen molar-refractivity contribution in [1.82, 2.24) is 4.90 Å². The minimum absolute atomic E-state index is 0.210. The number of hydrogen-bond acceptors (Lipinski definition) is 2. The second-order valence-corrected chi connectivity index (χ2v) is 11.8. The van der Waals surface area contributed by atoms with Gasteiger partial charge < -0.3 is 10.0 Å². The molecule has 0 aliphatic carbocycles. The third-order valence-corrected chi connectivity index (χ3v) is 6.53. The summed E-state index contributed by atoms with van der Waals surface area (Å²) in [5.41, 5.74) is 4.86. The van der Waals surface area contributed by atoms with Gasteiger partial charge in [0.2, 0.25) is 0 Å². The molecule has 0 heterocycles. The average molecular weight is 548 g/mol. The van der Waals surface area contributed by atoms with Crippen LogP contribution in [0.25, 0.3) is 22.3 Å². The van der Waals surface area contributed by atoms with E-state index in [1.807, 2.05) is 79.7 Å². The average Bonchev–Trinajstić information content (AvgIpc) is 2.83. The normalized spacial score (nSPS) is 10.9. The molecule has 0 saturated heterocycles. The molecule has 0 aliphatic heterocycles. The number of phenols is 1. The van der Waals surface area contributed by atoms with Gasteiger partial charge in [0.05, 0.1) is 0 Å². The molecule has 0 amide bonds. The number of phenolic OH excluding ortho intramolecular Hbond substituents is 1. The van der Waals surface area contributed by atoms with Gasteiger partial charge in [-0.1, -0.05) is 75.3 Å². The van der Waals surface area contributed by atoms with Crippen LogP contribution in [0.15, 0.2) is 91.0 Å². The second-order valence-electron chi connectivity index (χ2n) is 7.89. The summed E-state index contributed by atoms with van der Waals surface area (Å²) in [6, 6.07) is 29.1. The quantitative estimate of drug-likeness (QED) is 0.209. The van der Waals surface area contributed by atoms with Crippen molar-refractivity contribution < 1.29 is 26.5 Å². The van der Waals surface area contributed by atoms with E-state index in [0.717, 1.165) is 38.4 Å². The molecule has 1 atom stereocenters. The van der Waals surface area contributed by atoms with E-state index in [4.69, 9.17) is 18.6 Å². The second kappa shape index (κ2) is 13.4. The van der Waals surface area contributed by atoms with E-state index in [-0.39, 0.29) is 20.1 Å². The molecule has 0 aliphatic rings. The van der Waals surface area contributed by atoms with Crippen LogP contribution in [0.4, 0.5) is 4.39 Å². The molecule has 0 bridgehead atoms. The Hall–Kier alpha value is -1.71. The molecule has 0 radical (unpaired) electrons. The first-order chi connectivity index (χ1) is 16.4. The zero-order valence-corrected chi connectivity index (χ0v) is 23.0. The van der Waals surface area contributed by atoms with Crippen molar-refractivity contribution in [3.8, 4) is 28.0 Å². The predicted molar refractivity (Wildman–Crippen MR) is 142 cm³/mol. The summed E-state index contributed by atoms with van der Waals surface area (Å²) in [6.45, 7) is 0.644. The number of benzene rings is 4. The summed E-state index contributed by atoms with van der Waals surface area (Å²) >= 11 is -0.556. The molecule has 2 nitrogen and oxygen atoms in total. The van der Waals surface area contributed by atoms with Crippen LogP contribution in [-0.2, 0) is 23.6 Å². The molecular formula is C27H25Cl2FNOPTi. The van der Waals surface area contributed by atoms with E-state index in [2.05, 4.69) is 18.2 Å². The monoisotopic (exact) mass is 547 g/mol. The van der Waals surface area contributed by atoms with Crippen molar-refractivity contribution in [2.45, 2.75) is 6.54 Å². The summed E-state index contributed by atoms with van der Waals surface area (Å²) in [5.74, 6) is 0.0435. The molecule has 1 N–H and O–H groups in total. The molecule has 0 aromatic heterocycles. The molecule has 174 valence electrons. The number of rotatable bonds is 6. The molecule has 7 heteroatoms. The maximum absolute atomic E-state index is 13.9. The molecule has 0 spiro atoms. The number of aromatic hydroxyl groups is 1. The fraction of sp³-hybridized carbons (Fsp3) is 0.111. The summed E-state index contributed by atoms with van der Waals surface area (Å²) in [6.07, 6.45) is 0. The van der Waals surface area contributed by atoms with Gasteiger partial charge in [-0.05, 0) is 65.9 Å². The van der Waals surface area contributed by atoms with E-state index in [0.29, 0.717) is 6.54 Å². The first kappa shape index (κ1) is 26.9. The zero-order valence-electron chi connectivity index (χ0n) is 18.9. The third-order valence-electron chi connectivity index (χ3n) is 5.13. The summed E-state index contributed by atoms with van der Waals surface area (Å²) in [5, 5.41) is 13.1. The summed E-state index contributed by atoms with van der Waals surface area (Å²) < 4.78 is 13.9. The minimum atomic E-state index is -0.556. The number of halogens is 3. The fourth-order valence-corrected chi connectivity index (χ4v) is 4.91. The molecule has 34 heavy (non-hydrogen) atoms. The fourth-order valence-electron chi connectivity index (χ4n) is 3.67.